The first-order valence-electron chi connectivity index (χ1n) is 6.69. The number of carbonyl (C=O) groups excluding carboxylic acids is 1. The highest BCUT2D eigenvalue weighted by molar-refractivity contribution is 5.83. The van der Waals surface area contributed by atoms with Crippen LogP contribution in [0.4, 0.5) is 0 Å². The van der Waals surface area contributed by atoms with Crippen LogP contribution in [0.5, 0.6) is 0 Å². The Balaban J connectivity index is 3.72. The Hall–Kier alpha value is -1.10. The lowest BCUT2D eigenvalue weighted by Crippen LogP contribution is -2.47. The van der Waals surface area contributed by atoms with Gasteiger partial charge >= 0.3 is 5.97 Å². The lowest BCUT2D eigenvalue weighted by molar-refractivity contribution is -0.144. The molecule has 0 aliphatic carbocycles. The molecule has 106 valence electrons. The van der Waals surface area contributed by atoms with Gasteiger partial charge in [-0.25, -0.2) is 4.79 Å². The first-order chi connectivity index (χ1) is 8.49. The molecule has 0 heterocycles. The van der Waals surface area contributed by atoms with Gasteiger partial charge in [0.05, 0.1) is 6.10 Å². The van der Waals surface area contributed by atoms with Crippen molar-refractivity contribution in [1.82, 2.24) is 5.32 Å². The Morgan fingerprint density at radius 1 is 1.11 bits per heavy atom. The maximum atomic E-state index is 11.5. The average molecular weight is 259 g/mol. The van der Waals surface area contributed by atoms with E-state index in [-0.39, 0.29) is 5.91 Å². The van der Waals surface area contributed by atoms with E-state index in [1.165, 1.54) is 26.2 Å². The summed E-state index contributed by atoms with van der Waals surface area (Å²) in [6, 6.07) is -1.21. The number of aliphatic hydroxyl groups excluding tert-OH is 1. The standard InChI is InChI=1S/C13H25NO4/c1-3-4-5-6-7-8-9-11(16)14-12(10(2)15)13(17)18/h10,12,15H,3-9H2,1-2H3,(H,14,16)(H,17,18)/t10-,12+/m1/s1. The maximum absolute atomic E-state index is 11.5. The minimum absolute atomic E-state index is 0.307. The van der Waals surface area contributed by atoms with Crippen LogP contribution in [0.2, 0.25) is 0 Å². The van der Waals surface area contributed by atoms with Gasteiger partial charge in [0.2, 0.25) is 5.91 Å². The van der Waals surface area contributed by atoms with Crippen molar-refractivity contribution in [3.63, 3.8) is 0 Å². The fourth-order valence-electron chi connectivity index (χ4n) is 1.70. The summed E-state index contributed by atoms with van der Waals surface area (Å²) in [4.78, 5) is 22.2. The van der Waals surface area contributed by atoms with Crippen molar-refractivity contribution in [2.75, 3.05) is 0 Å². The minimum atomic E-state index is -1.21. The second-order valence-electron chi connectivity index (χ2n) is 4.64. The minimum Gasteiger partial charge on any atom is -0.480 e. The molecule has 0 radical (unpaired) electrons. The van der Waals surface area contributed by atoms with E-state index in [1.54, 1.807) is 0 Å². The van der Waals surface area contributed by atoms with E-state index in [4.69, 9.17) is 5.11 Å². The molecule has 0 aliphatic heterocycles. The van der Waals surface area contributed by atoms with Crippen molar-refractivity contribution in [3.05, 3.63) is 0 Å². The van der Waals surface area contributed by atoms with Gasteiger partial charge in [-0.3, -0.25) is 4.79 Å². The largest absolute Gasteiger partial charge is 0.480 e. The predicted octanol–water partition coefficient (Wildman–Crippen LogP) is 1.69. The molecule has 0 aliphatic rings. The SMILES string of the molecule is CCCCCCCCC(=O)N[C@H](C(=O)O)[C@@H](C)O. The Morgan fingerprint density at radius 3 is 2.17 bits per heavy atom. The molecule has 0 saturated carbocycles. The van der Waals surface area contributed by atoms with Gasteiger partial charge in [0.15, 0.2) is 6.04 Å². The third-order valence-corrected chi connectivity index (χ3v) is 2.82. The normalized spacial score (nSPS) is 13.9. The Kier molecular flexibility index (Phi) is 9.28. The Morgan fingerprint density at radius 2 is 1.67 bits per heavy atom. The summed E-state index contributed by atoms with van der Waals surface area (Å²) < 4.78 is 0. The van der Waals surface area contributed by atoms with Crippen molar-refractivity contribution in [2.24, 2.45) is 0 Å². The van der Waals surface area contributed by atoms with E-state index in [0.29, 0.717) is 6.42 Å². The number of hydrogen-bond donors (Lipinski definition) is 3. The van der Waals surface area contributed by atoms with Crippen LogP contribution in [0, 0.1) is 0 Å². The van der Waals surface area contributed by atoms with Crippen LogP contribution in [0.25, 0.3) is 0 Å². The van der Waals surface area contributed by atoms with Crippen LogP contribution in [0.1, 0.15) is 58.8 Å². The number of amides is 1. The van der Waals surface area contributed by atoms with Crippen LogP contribution in [-0.4, -0.2) is 34.2 Å². The average Bonchev–Trinajstić information content (AvgIpc) is 2.29. The summed E-state index contributed by atoms with van der Waals surface area (Å²) in [7, 11) is 0. The first-order valence-corrected chi connectivity index (χ1v) is 6.69. The van der Waals surface area contributed by atoms with Crippen molar-refractivity contribution < 1.29 is 19.8 Å². The van der Waals surface area contributed by atoms with Gasteiger partial charge in [0.1, 0.15) is 0 Å². The molecule has 0 aromatic heterocycles. The van der Waals surface area contributed by atoms with Crippen molar-refractivity contribution in [1.29, 1.82) is 0 Å². The molecule has 0 spiro atoms. The van der Waals surface area contributed by atoms with E-state index in [0.717, 1.165) is 19.3 Å². The molecule has 0 rings (SSSR count). The molecule has 2 atom stereocenters. The van der Waals surface area contributed by atoms with Crippen LogP contribution in [-0.2, 0) is 9.59 Å². The van der Waals surface area contributed by atoms with Gasteiger partial charge in [-0.1, -0.05) is 39.0 Å². The van der Waals surface area contributed by atoms with E-state index in [2.05, 4.69) is 12.2 Å². The fourth-order valence-corrected chi connectivity index (χ4v) is 1.70. The summed E-state index contributed by atoms with van der Waals surface area (Å²) in [5.74, 6) is -1.51. The molecular weight excluding hydrogens is 234 g/mol. The van der Waals surface area contributed by atoms with Crippen LogP contribution < -0.4 is 5.32 Å². The number of carboxylic acids is 1. The highest BCUT2D eigenvalue weighted by atomic mass is 16.4. The molecule has 0 bridgehead atoms. The topological polar surface area (TPSA) is 86.6 Å². The summed E-state index contributed by atoms with van der Waals surface area (Å²) in [6.07, 6.45) is 5.69. The third-order valence-electron chi connectivity index (χ3n) is 2.82. The summed E-state index contributed by atoms with van der Waals surface area (Å²) in [5.41, 5.74) is 0. The number of carbonyl (C=O) groups is 2. The second kappa shape index (κ2) is 9.88. The third kappa shape index (κ3) is 8.06. The van der Waals surface area contributed by atoms with Gasteiger partial charge in [-0.2, -0.15) is 0 Å². The molecule has 5 heteroatoms. The fraction of sp³-hybridized carbons (Fsp3) is 0.846. The highest BCUT2D eigenvalue weighted by Gasteiger charge is 2.24. The molecule has 0 aromatic rings. The van der Waals surface area contributed by atoms with Crippen LogP contribution in [0.3, 0.4) is 0 Å². The molecule has 1 amide bonds. The molecule has 0 saturated heterocycles. The summed E-state index contributed by atoms with van der Waals surface area (Å²) in [6.45, 7) is 3.50. The van der Waals surface area contributed by atoms with E-state index >= 15 is 0 Å². The molecule has 0 aromatic carbocycles. The molecular formula is C13H25NO4. The zero-order valence-electron chi connectivity index (χ0n) is 11.3. The smallest absolute Gasteiger partial charge is 0.328 e. The number of nitrogens with one attached hydrogen (secondary N) is 1. The number of carboxylic acid groups (broad SMARTS) is 1. The van der Waals surface area contributed by atoms with Crippen LogP contribution >= 0.6 is 0 Å². The molecule has 3 N–H and O–H groups in total. The van der Waals surface area contributed by atoms with Crippen molar-refractivity contribution in [2.45, 2.75) is 70.9 Å². The Labute approximate surface area is 109 Å². The van der Waals surface area contributed by atoms with Gasteiger partial charge in [-0.15, -0.1) is 0 Å². The maximum Gasteiger partial charge on any atom is 0.328 e. The molecule has 5 nitrogen and oxygen atoms in total. The number of unbranched alkanes of at least 4 members (excludes halogenated alkanes) is 5. The predicted molar refractivity (Wildman–Crippen MR) is 69.2 cm³/mol. The van der Waals surface area contributed by atoms with Gasteiger partial charge < -0.3 is 15.5 Å². The van der Waals surface area contributed by atoms with Gasteiger partial charge in [0.25, 0.3) is 0 Å². The summed E-state index contributed by atoms with van der Waals surface area (Å²) >= 11 is 0. The van der Waals surface area contributed by atoms with Crippen molar-refractivity contribution >= 4 is 11.9 Å². The molecule has 0 unspecified atom stereocenters. The number of hydrogen-bond acceptors (Lipinski definition) is 3. The highest BCUT2D eigenvalue weighted by Crippen LogP contribution is 2.07. The number of aliphatic hydroxyl groups is 1. The second-order valence-corrected chi connectivity index (χ2v) is 4.64. The van der Waals surface area contributed by atoms with Gasteiger partial charge in [-0.05, 0) is 13.3 Å². The molecule has 18 heavy (non-hydrogen) atoms. The zero-order valence-corrected chi connectivity index (χ0v) is 11.3. The van der Waals surface area contributed by atoms with E-state index < -0.39 is 18.1 Å². The van der Waals surface area contributed by atoms with Gasteiger partial charge in [0, 0.05) is 6.42 Å². The van der Waals surface area contributed by atoms with E-state index in [9.17, 15) is 14.7 Å². The van der Waals surface area contributed by atoms with E-state index in [1.807, 2.05) is 0 Å². The molecule has 0 fully saturated rings. The lowest BCUT2D eigenvalue weighted by atomic mass is 10.1. The number of aliphatic carboxylic acids is 1. The quantitative estimate of drug-likeness (QED) is 0.521. The summed E-state index contributed by atoms with van der Waals surface area (Å²) in [5, 5.41) is 20.3. The first kappa shape index (κ1) is 16.9. The Bertz CT molecular complexity index is 253. The lowest BCUT2D eigenvalue weighted by Gasteiger charge is -2.16. The zero-order chi connectivity index (χ0) is 14.0. The number of rotatable bonds is 10. The van der Waals surface area contributed by atoms with Crippen LogP contribution in [0.15, 0.2) is 0 Å². The monoisotopic (exact) mass is 259 g/mol. The van der Waals surface area contributed by atoms with Crippen molar-refractivity contribution in [3.8, 4) is 0 Å².